The van der Waals surface area contributed by atoms with Crippen LogP contribution in [-0.2, 0) is 14.8 Å². The first-order valence-electron chi connectivity index (χ1n) is 11.9. The van der Waals surface area contributed by atoms with Crippen LogP contribution in [0.4, 0.5) is 26.0 Å². The van der Waals surface area contributed by atoms with E-state index < -0.39 is 27.3 Å². The van der Waals surface area contributed by atoms with E-state index in [-0.39, 0.29) is 23.5 Å². The molecule has 1 aliphatic rings. The van der Waals surface area contributed by atoms with E-state index in [1.54, 1.807) is 25.4 Å². The Balaban J connectivity index is 1.53. The number of sulfonamides is 1. The van der Waals surface area contributed by atoms with Gasteiger partial charge >= 0.3 is 0 Å². The molecule has 0 aliphatic carbocycles. The number of nitrogens with zero attached hydrogens (tertiary/aromatic N) is 5. The van der Waals surface area contributed by atoms with Crippen molar-refractivity contribution >= 4 is 38.4 Å². The number of rotatable bonds is 8. The molecule has 194 valence electrons. The van der Waals surface area contributed by atoms with E-state index >= 15 is 4.39 Å². The maximum absolute atomic E-state index is 15.3. The van der Waals surface area contributed by atoms with Crippen molar-refractivity contribution in [3.63, 3.8) is 0 Å². The van der Waals surface area contributed by atoms with Crippen molar-refractivity contribution in [2.45, 2.75) is 38.8 Å². The van der Waals surface area contributed by atoms with Crippen LogP contribution in [0.2, 0.25) is 0 Å². The molecule has 1 atom stereocenters. The number of hydrogen-bond acceptors (Lipinski definition) is 8. The first-order valence-corrected chi connectivity index (χ1v) is 13.5. The zero-order valence-corrected chi connectivity index (χ0v) is 20.8. The number of imidazole rings is 1. The highest BCUT2D eigenvalue weighted by molar-refractivity contribution is 7.92. The molecule has 10 nitrogen and oxygen atoms in total. The highest BCUT2D eigenvalue weighted by atomic mass is 32.2. The molecule has 1 aliphatic heterocycles. The van der Waals surface area contributed by atoms with Crippen LogP contribution >= 0.6 is 0 Å². The van der Waals surface area contributed by atoms with E-state index in [0.29, 0.717) is 35.4 Å². The molecule has 0 saturated carbocycles. The summed E-state index contributed by atoms with van der Waals surface area (Å²) in [7, 11) is -3.79. The van der Waals surface area contributed by atoms with Crippen molar-refractivity contribution in [3.05, 3.63) is 54.8 Å². The van der Waals surface area contributed by atoms with Gasteiger partial charge in [-0.15, -0.1) is 0 Å². The van der Waals surface area contributed by atoms with Crippen molar-refractivity contribution in [2.24, 2.45) is 0 Å². The van der Waals surface area contributed by atoms with Gasteiger partial charge in [-0.3, -0.25) is 9.29 Å². The third kappa shape index (κ3) is 5.09. The maximum Gasteiger partial charge on any atom is 0.232 e. The Bertz CT molecular complexity index is 1540. The molecule has 1 fully saturated rings. The Morgan fingerprint density at radius 1 is 1.14 bits per heavy atom. The second-order valence-electron chi connectivity index (χ2n) is 8.60. The summed E-state index contributed by atoms with van der Waals surface area (Å²) < 4.78 is 64.2. The molecule has 0 bridgehead atoms. The number of halogens is 2. The molecule has 13 heteroatoms. The van der Waals surface area contributed by atoms with Crippen LogP contribution in [0.5, 0.6) is 0 Å². The second-order valence-corrected chi connectivity index (χ2v) is 10.4. The van der Waals surface area contributed by atoms with Crippen LogP contribution in [0.3, 0.4) is 0 Å². The summed E-state index contributed by atoms with van der Waals surface area (Å²) in [6, 6.07) is 5.37. The van der Waals surface area contributed by atoms with Gasteiger partial charge < -0.3 is 10.1 Å². The SMILES string of the molecule is CCCS(=O)(=O)Nc1ccc(F)c(Nc2ncccc2-c2ncnc3c2ncn3C2CCCCO2)c1F. The summed E-state index contributed by atoms with van der Waals surface area (Å²) in [5.41, 5.74) is 0.968. The number of ether oxygens (including phenoxy) is 1. The molecular weight excluding hydrogens is 504 g/mol. The molecule has 0 amide bonds. The topological polar surface area (TPSA) is 124 Å². The first-order chi connectivity index (χ1) is 17.9. The summed E-state index contributed by atoms with van der Waals surface area (Å²) >= 11 is 0. The Morgan fingerprint density at radius 2 is 2.00 bits per heavy atom. The Morgan fingerprint density at radius 3 is 2.78 bits per heavy atom. The zero-order chi connectivity index (χ0) is 26.0. The number of anilines is 3. The largest absolute Gasteiger partial charge is 0.358 e. The number of hydrogen-bond donors (Lipinski definition) is 2. The van der Waals surface area contributed by atoms with Crippen molar-refractivity contribution in [3.8, 4) is 11.3 Å². The summed E-state index contributed by atoms with van der Waals surface area (Å²) in [5, 5.41) is 2.68. The minimum Gasteiger partial charge on any atom is -0.358 e. The molecule has 37 heavy (non-hydrogen) atoms. The third-order valence-corrected chi connectivity index (χ3v) is 7.44. The van der Waals surface area contributed by atoms with Crippen LogP contribution in [0, 0.1) is 11.6 Å². The van der Waals surface area contributed by atoms with E-state index in [1.807, 2.05) is 4.57 Å². The highest BCUT2D eigenvalue weighted by Crippen LogP contribution is 2.35. The van der Waals surface area contributed by atoms with E-state index in [2.05, 4.69) is 30.0 Å². The fourth-order valence-electron chi connectivity index (χ4n) is 4.25. The molecule has 2 N–H and O–H groups in total. The number of benzene rings is 1. The molecule has 1 aromatic carbocycles. The molecule has 0 spiro atoms. The van der Waals surface area contributed by atoms with Crippen molar-refractivity contribution in [1.29, 1.82) is 0 Å². The zero-order valence-electron chi connectivity index (χ0n) is 20.0. The molecule has 1 saturated heterocycles. The molecule has 3 aromatic heterocycles. The fraction of sp³-hybridized carbons (Fsp3) is 0.333. The van der Waals surface area contributed by atoms with Crippen molar-refractivity contribution in [2.75, 3.05) is 22.4 Å². The predicted octanol–water partition coefficient (Wildman–Crippen LogP) is 4.76. The van der Waals surface area contributed by atoms with Gasteiger partial charge in [-0.2, -0.15) is 0 Å². The monoisotopic (exact) mass is 529 g/mol. The summed E-state index contributed by atoms with van der Waals surface area (Å²) in [5.74, 6) is -2.10. The van der Waals surface area contributed by atoms with E-state index in [4.69, 9.17) is 4.74 Å². The lowest BCUT2D eigenvalue weighted by molar-refractivity contribution is -0.0298. The van der Waals surface area contributed by atoms with Crippen LogP contribution < -0.4 is 10.0 Å². The smallest absolute Gasteiger partial charge is 0.232 e. The van der Waals surface area contributed by atoms with Gasteiger partial charge in [0.2, 0.25) is 10.0 Å². The van der Waals surface area contributed by atoms with Gasteiger partial charge in [0, 0.05) is 18.4 Å². The summed E-state index contributed by atoms with van der Waals surface area (Å²) in [4.78, 5) is 17.5. The van der Waals surface area contributed by atoms with Crippen LogP contribution in [-0.4, -0.2) is 45.3 Å². The van der Waals surface area contributed by atoms with Gasteiger partial charge in [0.05, 0.1) is 17.8 Å². The van der Waals surface area contributed by atoms with E-state index in [1.165, 1.54) is 12.5 Å². The molecule has 1 unspecified atom stereocenters. The minimum absolute atomic E-state index is 0.109. The standard InChI is InChI=1S/C24H25F2N7O3S/c1-2-12-37(34,35)32-17-9-8-16(25)21(19(17)26)31-23-15(6-5-10-27-23)20-22-24(29-13-28-20)33(14-30-22)18-7-3-4-11-36-18/h5-6,8-10,13-14,18,32H,2-4,7,11-12H2,1H3,(H,27,31). The van der Waals surface area contributed by atoms with Crippen LogP contribution in [0.25, 0.3) is 22.4 Å². The number of fused-ring (bicyclic) bond motifs is 1. The van der Waals surface area contributed by atoms with E-state index in [9.17, 15) is 12.8 Å². The first kappa shape index (κ1) is 25.0. The average molecular weight is 530 g/mol. The summed E-state index contributed by atoms with van der Waals surface area (Å²) in [6.45, 7) is 2.34. The number of aromatic nitrogens is 5. The highest BCUT2D eigenvalue weighted by Gasteiger charge is 2.23. The number of pyridine rings is 1. The minimum atomic E-state index is -3.79. The molecule has 0 radical (unpaired) electrons. The van der Waals surface area contributed by atoms with Gasteiger partial charge in [-0.25, -0.2) is 37.1 Å². The average Bonchev–Trinajstić information content (AvgIpc) is 3.33. The Labute approximate surface area is 212 Å². The molecular formula is C24H25F2N7O3S. The van der Waals surface area contributed by atoms with Gasteiger partial charge in [0.1, 0.15) is 41.1 Å². The lowest BCUT2D eigenvalue weighted by Crippen LogP contribution is -2.17. The van der Waals surface area contributed by atoms with Crippen molar-refractivity contribution in [1.82, 2.24) is 24.5 Å². The predicted molar refractivity (Wildman–Crippen MR) is 135 cm³/mol. The fourth-order valence-corrected chi connectivity index (χ4v) is 5.38. The molecule has 4 aromatic rings. The van der Waals surface area contributed by atoms with E-state index in [0.717, 1.165) is 31.4 Å². The molecule has 5 rings (SSSR count). The van der Waals surface area contributed by atoms with Gasteiger partial charge in [0.25, 0.3) is 0 Å². The lowest BCUT2D eigenvalue weighted by Gasteiger charge is -2.23. The van der Waals surface area contributed by atoms with Gasteiger partial charge in [-0.1, -0.05) is 6.92 Å². The quantitative estimate of drug-likeness (QED) is 0.335. The van der Waals surface area contributed by atoms with Gasteiger partial charge in [0.15, 0.2) is 11.5 Å². The van der Waals surface area contributed by atoms with Crippen LogP contribution in [0.15, 0.2) is 43.1 Å². The summed E-state index contributed by atoms with van der Waals surface area (Å²) in [6.07, 6.45) is 7.52. The maximum atomic E-state index is 15.3. The van der Waals surface area contributed by atoms with Gasteiger partial charge in [-0.05, 0) is 49.9 Å². The second kappa shape index (κ2) is 10.3. The Kier molecular flexibility index (Phi) is 6.98. The molecule has 4 heterocycles. The Hall–Kier alpha value is -3.71. The lowest BCUT2D eigenvalue weighted by atomic mass is 10.1. The van der Waals surface area contributed by atoms with Crippen molar-refractivity contribution < 1.29 is 21.9 Å². The van der Waals surface area contributed by atoms with Crippen LogP contribution in [0.1, 0.15) is 38.8 Å². The normalized spacial score (nSPS) is 16.1. The third-order valence-electron chi connectivity index (χ3n) is 5.96. The number of nitrogens with one attached hydrogen (secondary N) is 2.